The molecule has 0 heterocycles. The Morgan fingerprint density at radius 3 is 0.556 bits per heavy atom. The molecule has 0 spiro atoms. The van der Waals surface area contributed by atoms with Crippen LogP contribution in [0.2, 0.25) is 0 Å². The Kier molecular flexibility index (Phi) is 59.4. The molecule has 0 bridgehead atoms. The van der Waals surface area contributed by atoms with E-state index in [1.54, 1.807) is 0 Å². The first-order valence-electron chi connectivity index (χ1n) is 3.63. The molecule has 0 saturated heterocycles. The van der Waals surface area contributed by atoms with E-state index >= 15 is 0 Å². The largest absolute Gasteiger partial charge is 2.00 e. The Hall–Kier alpha value is -1.09. The molecule has 0 atom stereocenters. The minimum Gasteiger partial charge on any atom is -0.550 e. The number of hydrogen-bond donors (Lipinski definition) is 0. The van der Waals surface area contributed by atoms with Gasteiger partial charge in [-0.2, -0.15) is 0 Å². The Balaban J connectivity index is -0.0000000257. The predicted octanol–water partition coefficient (Wildman–Crippen LogP) is -4.98. The summed E-state index contributed by atoms with van der Waals surface area (Å²) in [6, 6.07) is 0. The second kappa shape index (κ2) is 29.7. The molecular formula is C8H12CoFeO8. The van der Waals surface area contributed by atoms with Gasteiger partial charge in [0.2, 0.25) is 0 Å². The maximum atomic E-state index is 8.89. The summed E-state index contributed by atoms with van der Waals surface area (Å²) in [5.74, 6) is -4.33. The fraction of sp³-hybridized carbons (Fsp3) is 0.500. The Labute approximate surface area is 125 Å². The van der Waals surface area contributed by atoms with Crippen molar-refractivity contribution in [2.45, 2.75) is 27.7 Å². The van der Waals surface area contributed by atoms with Gasteiger partial charge in [-0.05, 0) is 27.7 Å². The van der Waals surface area contributed by atoms with Crippen LogP contribution in [0.4, 0.5) is 0 Å². The van der Waals surface area contributed by atoms with Gasteiger partial charge in [0.25, 0.3) is 0 Å². The first-order valence-corrected chi connectivity index (χ1v) is 3.63. The van der Waals surface area contributed by atoms with Crippen molar-refractivity contribution in [3.63, 3.8) is 0 Å². The summed E-state index contributed by atoms with van der Waals surface area (Å²) in [6.45, 7) is 3.89. The van der Waals surface area contributed by atoms with Gasteiger partial charge >= 0.3 is 33.8 Å². The molecular weight excluding hydrogens is 339 g/mol. The number of aliphatic carboxylic acids is 4. The Morgan fingerprint density at radius 1 is 0.556 bits per heavy atom. The van der Waals surface area contributed by atoms with Crippen molar-refractivity contribution in [1.82, 2.24) is 0 Å². The number of rotatable bonds is 0. The van der Waals surface area contributed by atoms with Crippen LogP contribution < -0.4 is 20.4 Å². The molecule has 0 aromatic carbocycles. The minimum atomic E-state index is -1.08. The normalized spacial score (nSPS) is 5.56. The molecule has 0 aliphatic heterocycles. The predicted molar refractivity (Wildman–Crippen MR) is 42.7 cm³/mol. The summed E-state index contributed by atoms with van der Waals surface area (Å²) in [6.07, 6.45) is 0. The Bertz CT molecular complexity index is 167. The molecule has 109 valence electrons. The van der Waals surface area contributed by atoms with E-state index < -0.39 is 23.9 Å². The number of carbonyl (C=O) groups excluding carboxylic acids is 4. The zero-order valence-electron chi connectivity index (χ0n) is 9.95. The molecule has 0 aromatic heterocycles. The summed E-state index contributed by atoms with van der Waals surface area (Å²) in [4.78, 5) is 35.6. The number of hydrogen-bond acceptors (Lipinski definition) is 8. The zero-order chi connectivity index (χ0) is 14.3. The van der Waals surface area contributed by atoms with Crippen LogP contribution in [0, 0.1) is 0 Å². The van der Waals surface area contributed by atoms with Crippen molar-refractivity contribution in [1.29, 1.82) is 0 Å². The third-order valence-corrected chi connectivity index (χ3v) is 0. The summed E-state index contributed by atoms with van der Waals surface area (Å²) < 4.78 is 0. The molecule has 0 unspecified atom stereocenters. The summed E-state index contributed by atoms with van der Waals surface area (Å²) >= 11 is 0. The fourth-order valence-corrected chi connectivity index (χ4v) is 0. The number of carbonyl (C=O) groups is 4. The SMILES string of the molecule is CC(=O)[O-].CC(=O)[O-].CC(=O)[O-].CC(=O)[O-].[Co+2].[Fe+2]. The van der Waals surface area contributed by atoms with E-state index in [4.69, 9.17) is 39.6 Å². The van der Waals surface area contributed by atoms with Crippen LogP contribution >= 0.6 is 0 Å². The van der Waals surface area contributed by atoms with Crippen LogP contribution in [0.15, 0.2) is 0 Å². The average Bonchev–Trinajstić information content (AvgIpc) is 1.76. The summed E-state index contributed by atoms with van der Waals surface area (Å²) in [5, 5.41) is 35.6. The maximum absolute atomic E-state index is 8.89. The second-order valence-electron chi connectivity index (χ2n) is 1.97. The molecule has 0 amide bonds. The van der Waals surface area contributed by atoms with Crippen molar-refractivity contribution in [3.05, 3.63) is 0 Å². The van der Waals surface area contributed by atoms with Gasteiger partial charge in [0.1, 0.15) is 0 Å². The topological polar surface area (TPSA) is 161 Å². The summed E-state index contributed by atoms with van der Waals surface area (Å²) in [7, 11) is 0. The van der Waals surface area contributed by atoms with E-state index in [0.717, 1.165) is 27.7 Å². The smallest absolute Gasteiger partial charge is 0.550 e. The minimum absolute atomic E-state index is 0. The van der Waals surface area contributed by atoms with Crippen molar-refractivity contribution in [2.75, 3.05) is 0 Å². The van der Waals surface area contributed by atoms with Crippen LogP contribution in [-0.4, -0.2) is 23.9 Å². The average molecular weight is 351 g/mol. The van der Waals surface area contributed by atoms with E-state index in [9.17, 15) is 0 Å². The van der Waals surface area contributed by atoms with E-state index in [-0.39, 0.29) is 33.8 Å². The quantitative estimate of drug-likeness (QED) is 0.392. The molecule has 0 aliphatic carbocycles. The van der Waals surface area contributed by atoms with E-state index in [1.807, 2.05) is 0 Å². The van der Waals surface area contributed by atoms with Crippen molar-refractivity contribution in [2.24, 2.45) is 0 Å². The van der Waals surface area contributed by atoms with Crippen molar-refractivity contribution in [3.8, 4) is 0 Å². The Morgan fingerprint density at radius 2 is 0.556 bits per heavy atom. The summed E-state index contributed by atoms with van der Waals surface area (Å²) in [5.41, 5.74) is 0. The molecule has 0 fully saturated rings. The third-order valence-electron chi connectivity index (χ3n) is 0. The van der Waals surface area contributed by atoms with Gasteiger partial charge in [-0.1, -0.05) is 0 Å². The molecule has 0 N–H and O–H groups in total. The second-order valence-corrected chi connectivity index (χ2v) is 1.97. The molecule has 8 nitrogen and oxygen atoms in total. The fourth-order valence-electron chi connectivity index (χ4n) is 0. The first-order chi connectivity index (χ1) is 6.93. The van der Waals surface area contributed by atoms with E-state index in [0.29, 0.717) is 0 Å². The standard InChI is InChI=1S/4C2H4O2.Co.Fe/c4*1-2(3)4;;/h4*1H3,(H,3,4);;/q;;;;2*+2/p-4. The van der Waals surface area contributed by atoms with Gasteiger partial charge in [-0.3, -0.25) is 0 Å². The van der Waals surface area contributed by atoms with Crippen molar-refractivity contribution < 1.29 is 73.5 Å². The van der Waals surface area contributed by atoms with Crippen LogP contribution in [0.25, 0.3) is 0 Å². The third kappa shape index (κ3) is 2410. The first kappa shape index (κ1) is 36.0. The van der Waals surface area contributed by atoms with Gasteiger partial charge in [-0.15, -0.1) is 0 Å². The molecule has 0 aromatic rings. The van der Waals surface area contributed by atoms with Crippen LogP contribution in [0.3, 0.4) is 0 Å². The van der Waals surface area contributed by atoms with Crippen LogP contribution in [-0.2, 0) is 53.0 Å². The molecule has 0 aliphatic rings. The molecule has 0 saturated carbocycles. The zero-order valence-corrected chi connectivity index (χ0v) is 12.1. The monoisotopic (exact) mass is 351 g/mol. The number of carboxylic acid groups (broad SMARTS) is 4. The molecule has 18 heavy (non-hydrogen) atoms. The van der Waals surface area contributed by atoms with Gasteiger partial charge in [0, 0.05) is 23.9 Å². The number of carboxylic acids is 4. The van der Waals surface area contributed by atoms with Crippen molar-refractivity contribution >= 4 is 23.9 Å². The van der Waals surface area contributed by atoms with Crippen LogP contribution in [0.1, 0.15) is 27.7 Å². The molecule has 1 radical (unpaired) electrons. The van der Waals surface area contributed by atoms with Gasteiger partial charge in [-0.25, -0.2) is 0 Å². The van der Waals surface area contributed by atoms with Crippen LogP contribution in [0.5, 0.6) is 0 Å². The molecule has 0 rings (SSSR count). The maximum Gasteiger partial charge on any atom is 2.00 e. The van der Waals surface area contributed by atoms with Gasteiger partial charge in [0.05, 0.1) is 0 Å². The molecule has 10 heteroatoms. The van der Waals surface area contributed by atoms with Gasteiger partial charge < -0.3 is 39.6 Å². The van der Waals surface area contributed by atoms with E-state index in [1.165, 1.54) is 0 Å². The van der Waals surface area contributed by atoms with Gasteiger partial charge in [0.15, 0.2) is 0 Å². The van der Waals surface area contributed by atoms with E-state index in [2.05, 4.69) is 0 Å².